The van der Waals surface area contributed by atoms with Gasteiger partial charge in [0, 0.05) is 50.9 Å². The van der Waals surface area contributed by atoms with E-state index in [0.29, 0.717) is 12.6 Å². The SMILES string of the molecule is c1ccc(COC[C@@H]2CN(CC3CCOCC3)Cc3cccn32)nc1. The minimum atomic E-state index is 0.377. The zero-order chi connectivity index (χ0) is 16.9. The van der Waals surface area contributed by atoms with Crippen molar-refractivity contribution >= 4 is 0 Å². The highest BCUT2D eigenvalue weighted by Crippen LogP contribution is 2.25. The molecule has 0 radical (unpaired) electrons. The molecule has 134 valence electrons. The molecule has 0 unspecified atom stereocenters. The van der Waals surface area contributed by atoms with Crippen LogP contribution in [0.2, 0.25) is 0 Å². The summed E-state index contributed by atoms with van der Waals surface area (Å²) in [6, 6.07) is 10.7. The molecule has 0 N–H and O–H groups in total. The Morgan fingerprint density at radius 3 is 2.92 bits per heavy atom. The van der Waals surface area contributed by atoms with Crippen molar-refractivity contribution in [2.24, 2.45) is 5.92 Å². The molecule has 0 bridgehead atoms. The Morgan fingerprint density at radius 2 is 2.08 bits per heavy atom. The lowest BCUT2D eigenvalue weighted by molar-refractivity contribution is 0.0309. The molecular weight excluding hydrogens is 314 g/mol. The van der Waals surface area contributed by atoms with Crippen molar-refractivity contribution in [2.75, 3.05) is 32.9 Å². The van der Waals surface area contributed by atoms with Crippen LogP contribution >= 0.6 is 0 Å². The molecule has 0 spiro atoms. The summed E-state index contributed by atoms with van der Waals surface area (Å²) in [5.74, 6) is 0.769. The molecular formula is C20H27N3O2. The number of ether oxygens (including phenoxy) is 2. The van der Waals surface area contributed by atoms with Gasteiger partial charge in [0.25, 0.3) is 0 Å². The molecule has 5 heteroatoms. The fraction of sp³-hybridized carbons (Fsp3) is 0.550. The van der Waals surface area contributed by atoms with Crippen molar-refractivity contribution < 1.29 is 9.47 Å². The van der Waals surface area contributed by atoms with Gasteiger partial charge in [-0.3, -0.25) is 9.88 Å². The lowest BCUT2D eigenvalue weighted by Gasteiger charge is -2.37. The topological polar surface area (TPSA) is 39.5 Å². The van der Waals surface area contributed by atoms with Crippen LogP contribution in [-0.4, -0.2) is 47.4 Å². The van der Waals surface area contributed by atoms with Crippen LogP contribution in [0.3, 0.4) is 0 Å². The zero-order valence-corrected chi connectivity index (χ0v) is 14.7. The largest absolute Gasteiger partial charge is 0.381 e. The van der Waals surface area contributed by atoms with Gasteiger partial charge in [0.2, 0.25) is 0 Å². The van der Waals surface area contributed by atoms with Crippen LogP contribution in [-0.2, 0) is 22.6 Å². The Hall–Kier alpha value is -1.69. The maximum Gasteiger partial charge on any atom is 0.0888 e. The monoisotopic (exact) mass is 341 g/mol. The number of nitrogens with zero attached hydrogens (tertiary/aromatic N) is 3. The third-order valence-corrected chi connectivity index (χ3v) is 5.26. The summed E-state index contributed by atoms with van der Waals surface area (Å²) in [5, 5.41) is 0. The van der Waals surface area contributed by atoms with E-state index in [2.05, 4.69) is 32.8 Å². The van der Waals surface area contributed by atoms with Gasteiger partial charge in [-0.2, -0.15) is 0 Å². The minimum Gasteiger partial charge on any atom is -0.381 e. The van der Waals surface area contributed by atoms with Crippen LogP contribution in [0.15, 0.2) is 42.7 Å². The molecule has 2 aliphatic heterocycles. The molecule has 2 aromatic heterocycles. The molecule has 0 aliphatic carbocycles. The van der Waals surface area contributed by atoms with Gasteiger partial charge in [-0.15, -0.1) is 0 Å². The highest BCUT2D eigenvalue weighted by atomic mass is 16.5. The number of rotatable bonds is 6. The van der Waals surface area contributed by atoms with Crippen molar-refractivity contribution in [3.63, 3.8) is 0 Å². The fourth-order valence-corrected chi connectivity index (χ4v) is 3.95. The van der Waals surface area contributed by atoms with Crippen LogP contribution in [0.4, 0.5) is 0 Å². The van der Waals surface area contributed by atoms with Crippen LogP contribution < -0.4 is 0 Å². The summed E-state index contributed by atoms with van der Waals surface area (Å²) < 4.78 is 13.9. The van der Waals surface area contributed by atoms with Crippen LogP contribution in [0.5, 0.6) is 0 Å². The minimum absolute atomic E-state index is 0.377. The molecule has 1 saturated heterocycles. The molecule has 0 saturated carbocycles. The first-order valence-electron chi connectivity index (χ1n) is 9.32. The predicted octanol–water partition coefficient (Wildman–Crippen LogP) is 2.88. The van der Waals surface area contributed by atoms with Gasteiger partial charge in [-0.1, -0.05) is 6.07 Å². The van der Waals surface area contributed by atoms with Gasteiger partial charge in [0.15, 0.2) is 0 Å². The van der Waals surface area contributed by atoms with Gasteiger partial charge in [-0.25, -0.2) is 0 Å². The molecule has 2 aromatic rings. The molecule has 0 amide bonds. The first-order chi connectivity index (χ1) is 12.4. The van der Waals surface area contributed by atoms with E-state index >= 15 is 0 Å². The van der Waals surface area contributed by atoms with Crippen molar-refractivity contribution in [3.05, 3.63) is 54.1 Å². The van der Waals surface area contributed by atoms with E-state index in [-0.39, 0.29) is 0 Å². The maximum absolute atomic E-state index is 5.99. The van der Waals surface area contributed by atoms with Crippen molar-refractivity contribution in [1.82, 2.24) is 14.5 Å². The molecule has 0 aromatic carbocycles. The first-order valence-corrected chi connectivity index (χ1v) is 9.32. The smallest absolute Gasteiger partial charge is 0.0888 e. The average molecular weight is 341 g/mol. The van der Waals surface area contributed by atoms with Gasteiger partial charge in [0.1, 0.15) is 0 Å². The Labute approximate surface area is 149 Å². The Kier molecular flexibility index (Phi) is 5.45. The Bertz CT molecular complexity index is 652. The van der Waals surface area contributed by atoms with E-state index in [1.54, 1.807) is 0 Å². The van der Waals surface area contributed by atoms with Gasteiger partial charge < -0.3 is 14.0 Å². The van der Waals surface area contributed by atoms with E-state index in [9.17, 15) is 0 Å². The van der Waals surface area contributed by atoms with Gasteiger partial charge in [0.05, 0.1) is 24.9 Å². The summed E-state index contributed by atoms with van der Waals surface area (Å²) in [5.41, 5.74) is 2.38. The van der Waals surface area contributed by atoms with E-state index in [4.69, 9.17) is 9.47 Å². The predicted molar refractivity (Wildman–Crippen MR) is 96.2 cm³/mol. The second kappa shape index (κ2) is 8.13. The summed E-state index contributed by atoms with van der Waals surface area (Å²) in [6.07, 6.45) is 6.39. The highest BCUT2D eigenvalue weighted by molar-refractivity contribution is 5.11. The molecule has 5 nitrogen and oxygen atoms in total. The number of pyridine rings is 1. The van der Waals surface area contributed by atoms with Crippen molar-refractivity contribution in [3.8, 4) is 0 Å². The Morgan fingerprint density at radius 1 is 1.16 bits per heavy atom. The third kappa shape index (κ3) is 4.29. The van der Waals surface area contributed by atoms with Crippen LogP contribution in [0, 0.1) is 5.92 Å². The summed E-state index contributed by atoms with van der Waals surface area (Å²) >= 11 is 0. The van der Waals surface area contributed by atoms with Gasteiger partial charge in [-0.05, 0) is 43.0 Å². The molecule has 1 atom stereocenters. The van der Waals surface area contributed by atoms with E-state index < -0.39 is 0 Å². The summed E-state index contributed by atoms with van der Waals surface area (Å²) in [6.45, 7) is 6.42. The van der Waals surface area contributed by atoms with Crippen molar-refractivity contribution in [1.29, 1.82) is 0 Å². The highest BCUT2D eigenvalue weighted by Gasteiger charge is 2.26. The summed E-state index contributed by atoms with van der Waals surface area (Å²) in [7, 11) is 0. The number of aromatic nitrogens is 2. The Balaban J connectivity index is 1.35. The van der Waals surface area contributed by atoms with Crippen LogP contribution in [0.1, 0.15) is 30.3 Å². The zero-order valence-electron chi connectivity index (χ0n) is 14.7. The lowest BCUT2D eigenvalue weighted by Crippen LogP contribution is -2.41. The van der Waals surface area contributed by atoms with E-state index in [0.717, 1.165) is 44.5 Å². The third-order valence-electron chi connectivity index (χ3n) is 5.26. The standard InChI is InChI=1S/C20H27N3O2/c1-2-8-21-18(4-1)15-25-16-20-14-22(12-17-6-10-24-11-7-17)13-19-5-3-9-23(19)20/h1-5,8-9,17,20H,6-7,10-16H2/t20-/m0/s1. The lowest BCUT2D eigenvalue weighted by atomic mass is 9.99. The maximum atomic E-state index is 5.99. The molecule has 4 rings (SSSR count). The number of hydrogen-bond acceptors (Lipinski definition) is 4. The van der Waals surface area contributed by atoms with Crippen molar-refractivity contribution in [2.45, 2.75) is 32.0 Å². The quantitative estimate of drug-likeness (QED) is 0.810. The molecule has 1 fully saturated rings. The van der Waals surface area contributed by atoms with Crippen LogP contribution in [0.25, 0.3) is 0 Å². The van der Waals surface area contributed by atoms with E-state index in [1.165, 1.54) is 25.1 Å². The second-order valence-electron chi connectivity index (χ2n) is 7.15. The number of hydrogen-bond donors (Lipinski definition) is 0. The summed E-state index contributed by atoms with van der Waals surface area (Å²) in [4.78, 5) is 6.93. The van der Waals surface area contributed by atoms with Gasteiger partial charge >= 0.3 is 0 Å². The molecule has 4 heterocycles. The molecule has 2 aliphatic rings. The first kappa shape index (κ1) is 16.8. The normalized spacial score (nSPS) is 22.0. The fourth-order valence-electron chi connectivity index (χ4n) is 3.95. The number of fused-ring (bicyclic) bond motifs is 1. The average Bonchev–Trinajstić information content (AvgIpc) is 3.12. The van der Waals surface area contributed by atoms with E-state index in [1.807, 2.05) is 24.4 Å². The molecule has 25 heavy (non-hydrogen) atoms. The second-order valence-corrected chi connectivity index (χ2v) is 7.15.